The summed E-state index contributed by atoms with van der Waals surface area (Å²) in [4.78, 5) is 14.6. The van der Waals surface area contributed by atoms with Gasteiger partial charge >= 0.3 is 0 Å². The van der Waals surface area contributed by atoms with Gasteiger partial charge in [0, 0.05) is 32.0 Å². The molecule has 0 aliphatic rings. The Hall–Kier alpha value is -3.03. The van der Waals surface area contributed by atoms with Gasteiger partial charge < -0.3 is 10.2 Å². The lowest BCUT2D eigenvalue weighted by atomic mass is 10.1. The molecule has 0 aromatic heterocycles. The van der Waals surface area contributed by atoms with Crippen molar-refractivity contribution >= 4 is 38.9 Å². The number of aryl methyl sites for hydroxylation is 1. The Kier molecular flexibility index (Phi) is 6.87. The van der Waals surface area contributed by atoms with Gasteiger partial charge in [0.15, 0.2) is 0 Å². The fourth-order valence-corrected chi connectivity index (χ4v) is 4.27. The van der Waals surface area contributed by atoms with E-state index in [1.807, 2.05) is 56.3 Å². The zero-order valence-electron chi connectivity index (χ0n) is 17.5. The van der Waals surface area contributed by atoms with E-state index in [0.717, 1.165) is 16.8 Å². The maximum absolute atomic E-state index is 12.8. The second-order valence-electron chi connectivity index (χ2n) is 7.36. The first kappa shape index (κ1) is 22.7. The maximum atomic E-state index is 12.8. The van der Waals surface area contributed by atoms with Crippen molar-refractivity contribution in [3.8, 4) is 0 Å². The number of hydrogen-bond acceptors (Lipinski definition) is 4. The van der Waals surface area contributed by atoms with Crippen LogP contribution in [0.4, 0.5) is 11.4 Å². The van der Waals surface area contributed by atoms with E-state index < -0.39 is 15.9 Å². The minimum absolute atomic E-state index is 0.0434. The molecule has 162 valence electrons. The van der Waals surface area contributed by atoms with Crippen molar-refractivity contribution in [2.75, 3.05) is 23.7 Å². The molecule has 0 atom stereocenters. The Labute approximate surface area is 187 Å². The quantitative estimate of drug-likeness (QED) is 0.549. The molecule has 8 heteroatoms. The Morgan fingerprint density at radius 1 is 1.00 bits per heavy atom. The summed E-state index contributed by atoms with van der Waals surface area (Å²) in [6, 6.07) is 18.8. The van der Waals surface area contributed by atoms with Gasteiger partial charge in [0.05, 0.1) is 15.5 Å². The van der Waals surface area contributed by atoms with E-state index in [1.54, 1.807) is 18.2 Å². The standard InChI is InChI=1S/C23H24ClN3O3S/c1-16-6-4-8-18(12-16)26-31(29,30)20-10-11-22(24)21(14-20)23(28)25-15-17-7-5-9-19(13-17)27(2)3/h4-14,26H,15H2,1-3H3,(H,25,28). The lowest BCUT2D eigenvalue weighted by Crippen LogP contribution is -2.24. The maximum Gasteiger partial charge on any atom is 0.261 e. The summed E-state index contributed by atoms with van der Waals surface area (Å²) in [5, 5.41) is 2.98. The molecule has 1 amide bonds. The van der Waals surface area contributed by atoms with Gasteiger partial charge in [-0.1, -0.05) is 35.9 Å². The van der Waals surface area contributed by atoms with Crippen LogP contribution in [0.5, 0.6) is 0 Å². The summed E-state index contributed by atoms with van der Waals surface area (Å²) in [7, 11) is -0.00191. The smallest absolute Gasteiger partial charge is 0.261 e. The van der Waals surface area contributed by atoms with Crippen LogP contribution in [0.25, 0.3) is 0 Å². The number of rotatable bonds is 7. The normalized spacial score (nSPS) is 11.1. The van der Waals surface area contributed by atoms with Crippen molar-refractivity contribution in [3.63, 3.8) is 0 Å². The summed E-state index contributed by atoms with van der Waals surface area (Å²) in [5.74, 6) is -0.451. The SMILES string of the molecule is Cc1cccc(NS(=O)(=O)c2ccc(Cl)c(C(=O)NCc3cccc(N(C)C)c3)c2)c1. The molecule has 0 radical (unpaired) electrons. The van der Waals surface area contributed by atoms with Crippen LogP contribution in [0, 0.1) is 6.92 Å². The third-order valence-corrected chi connectivity index (χ3v) is 6.35. The number of sulfonamides is 1. The van der Waals surface area contributed by atoms with Crippen molar-refractivity contribution in [1.29, 1.82) is 0 Å². The molecule has 0 saturated heterocycles. The van der Waals surface area contributed by atoms with E-state index in [2.05, 4.69) is 10.0 Å². The van der Waals surface area contributed by atoms with Crippen LogP contribution in [0.15, 0.2) is 71.6 Å². The Morgan fingerprint density at radius 3 is 2.45 bits per heavy atom. The first-order chi connectivity index (χ1) is 14.7. The van der Waals surface area contributed by atoms with Gasteiger partial charge in [-0.05, 0) is 60.5 Å². The Morgan fingerprint density at radius 2 is 1.74 bits per heavy atom. The minimum Gasteiger partial charge on any atom is -0.378 e. The van der Waals surface area contributed by atoms with E-state index in [9.17, 15) is 13.2 Å². The van der Waals surface area contributed by atoms with Crippen LogP contribution >= 0.6 is 11.6 Å². The first-order valence-corrected chi connectivity index (χ1v) is 11.5. The van der Waals surface area contributed by atoms with Crippen LogP contribution in [0.3, 0.4) is 0 Å². The molecule has 0 fully saturated rings. The fourth-order valence-electron chi connectivity index (χ4n) is 2.99. The summed E-state index contributed by atoms with van der Waals surface area (Å²) in [5.41, 5.74) is 3.40. The van der Waals surface area contributed by atoms with Crippen molar-refractivity contribution in [2.45, 2.75) is 18.4 Å². The van der Waals surface area contributed by atoms with Gasteiger partial charge in [0.1, 0.15) is 0 Å². The van der Waals surface area contributed by atoms with Crippen LogP contribution < -0.4 is 14.9 Å². The summed E-state index contributed by atoms with van der Waals surface area (Å²) < 4.78 is 28.1. The second kappa shape index (κ2) is 9.41. The molecule has 0 saturated carbocycles. The number of nitrogens with zero attached hydrogens (tertiary/aromatic N) is 1. The zero-order chi connectivity index (χ0) is 22.6. The number of carbonyl (C=O) groups excluding carboxylic acids is 1. The van der Waals surface area contributed by atoms with Gasteiger partial charge in [0.2, 0.25) is 0 Å². The number of nitrogens with one attached hydrogen (secondary N) is 2. The van der Waals surface area contributed by atoms with Gasteiger partial charge in [-0.15, -0.1) is 0 Å². The predicted octanol–water partition coefficient (Wildman–Crippen LogP) is 4.45. The van der Waals surface area contributed by atoms with Crippen LogP contribution in [0.2, 0.25) is 5.02 Å². The molecule has 31 heavy (non-hydrogen) atoms. The van der Waals surface area contributed by atoms with Gasteiger partial charge in [0.25, 0.3) is 15.9 Å². The average molecular weight is 458 g/mol. The number of halogens is 1. The molecular formula is C23H24ClN3O3S. The van der Waals surface area contributed by atoms with E-state index in [-0.39, 0.29) is 22.0 Å². The number of amides is 1. The molecule has 0 aliphatic heterocycles. The molecule has 0 spiro atoms. The molecular weight excluding hydrogens is 434 g/mol. The van der Waals surface area contributed by atoms with E-state index >= 15 is 0 Å². The first-order valence-electron chi connectivity index (χ1n) is 9.59. The van der Waals surface area contributed by atoms with Crippen molar-refractivity contribution in [1.82, 2.24) is 5.32 Å². The third-order valence-electron chi connectivity index (χ3n) is 4.64. The molecule has 3 aromatic carbocycles. The molecule has 3 aromatic rings. The molecule has 0 unspecified atom stereocenters. The van der Waals surface area contributed by atoms with Crippen LogP contribution in [-0.2, 0) is 16.6 Å². The van der Waals surface area contributed by atoms with E-state index in [0.29, 0.717) is 5.69 Å². The summed E-state index contributed by atoms with van der Waals surface area (Å²) >= 11 is 6.19. The lowest BCUT2D eigenvalue weighted by molar-refractivity contribution is 0.0951. The highest BCUT2D eigenvalue weighted by Gasteiger charge is 2.19. The molecule has 2 N–H and O–H groups in total. The Balaban J connectivity index is 1.78. The number of anilines is 2. The van der Waals surface area contributed by atoms with E-state index in [1.165, 1.54) is 18.2 Å². The largest absolute Gasteiger partial charge is 0.378 e. The van der Waals surface area contributed by atoms with Gasteiger partial charge in [-0.25, -0.2) is 8.42 Å². The number of hydrogen-bond donors (Lipinski definition) is 2. The summed E-state index contributed by atoms with van der Waals surface area (Å²) in [6.45, 7) is 2.16. The highest BCUT2D eigenvalue weighted by molar-refractivity contribution is 7.92. The second-order valence-corrected chi connectivity index (χ2v) is 9.45. The number of carbonyl (C=O) groups is 1. The average Bonchev–Trinajstić information content (AvgIpc) is 2.72. The Bertz CT molecular complexity index is 1210. The topological polar surface area (TPSA) is 78.5 Å². The monoisotopic (exact) mass is 457 g/mol. The van der Waals surface area contributed by atoms with E-state index in [4.69, 9.17) is 11.6 Å². The van der Waals surface area contributed by atoms with Crippen LogP contribution in [-0.4, -0.2) is 28.4 Å². The number of benzene rings is 3. The molecule has 0 bridgehead atoms. The predicted molar refractivity (Wildman–Crippen MR) is 125 cm³/mol. The minimum atomic E-state index is -3.88. The highest BCUT2D eigenvalue weighted by atomic mass is 35.5. The fraction of sp³-hybridized carbons (Fsp3) is 0.174. The molecule has 6 nitrogen and oxygen atoms in total. The zero-order valence-corrected chi connectivity index (χ0v) is 19.1. The molecule has 0 aliphatic carbocycles. The third kappa shape index (κ3) is 5.77. The molecule has 0 heterocycles. The summed E-state index contributed by atoms with van der Waals surface area (Å²) in [6.07, 6.45) is 0. The van der Waals surface area contributed by atoms with Gasteiger partial charge in [-0.2, -0.15) is 0 Å². The van der Waals surface area contributed by atoms with Crippen LogP contribution in [0.1, 0.15) is 21.5 Å². The van der Waals surface area contributed by atoms with Crippen molar-refractivity contribution in [3.05, 3.63) is 88.4 Å². The van der Waals surface area contributed by atoms with Crippen molar-refractivity contribution < 1.29 is 13.2 Å². The lowest BCUT2D eigenvalue weighted by Gasteiger charge is -2.14. The molecule has 3 rings (SSSR count). The highest BCUT2D eigenvalue weighted by Crippen LogP contribution is 2.23. The van der Waals surface area contributed by atoms with Crippen molar-refractivity contribution in [2.24, 2.45) is 0 Å². The van der Waals surface area contributed by atoms with Gasteiger partial charge in [-0.3, -0.25) is 9.52 Å².